The normalized spacial score (nSPS) is 11.8. The molecular weight excluding hydrogens is 368 g/mol. The Morgan fingerprint density at radius 2 is 1.67 bits per heavy atom. The number of rotatable bonds is 16. The van der Waals surface area contributed by atoms with E-state index in [1.807, 2.05) is 6.07 Å². The van der Waals surface area contributed by atoms with Gasteiger partial charge in [0.2, 0.25) is 5.91 Å². The summed E-state index contributed by atoms with van der Waals surface area (Å²) in [5, 5.41) is 4.32. The first kappa shape index (κ1) is 24.0. The lowest BCUT2D eigenvalue weighted by Gasteiger charge is -2.05. The summed E-state index contributed by atoms with van der Waals surface area (Å²) in [6.07, 6.45) is 24.7. The van der Waals surface area contributed by atoms with Gasteiger partial charge in [-0.1, -0.05) is 75.1 Å². The van der Waals surface area contributed by atoms with Gasteiger partial charge in [-0.3, -0.25) is 4.79 Å². The molecule has 164 valence electrons. The third kappa shape index (κ3) is 9.96. The van der Waals surface area contributed by atoms with E-state index in [9.17, 15) is 4.79 Å². The molecule has 0 saturated carbocycles. The van der Waals surface area contributed by atoms with Gasteiger partial charge in [0.15, 0.2) is 0 Å². The van der Waals surface area contributed by atoms with E-state index in [0.717, 1.165) is 37.6 Å². The molecule has 3 nitrogen and oxygen atoms in total. The van der Waals surface area contributed by atoms with Gasteiger partial charge in [0, 0.05) is 30.1 Å². The Morgan fingerprint density at radius 1 is 0.933 bits per heavy atom. The van der Waals surface area contributed by atoms with Crippen molar-refractivity contribution >= 4 is 16.8 Å². The number of carbonyl (C=O) groups excluding carboxylic acids is 1. The number of H-pyrrole nitrogens is 1. The molecule has 3 heteroatoms. The molecular formula is C27H40N2O. The zero-order valence-electron chi connectivity index (χ0n) is 18.8. The Labute approximate surface area is 183 Å². The number of aromatic nitrogens is 1. The summed E-state index contributed by atoms with van der Waals surface area (Å²) in [4.78, 5) is 15.3. The molecule has 1 heterocycles. The molecule has 0 aliphatic heterocycles. The van der Waals surface area contributed by atoms with Gasteiger partial charge in [-0.2, -0.15) is 0 Å². The zero-order chi connectivity index (χ0) is 21.3. The maximum absolute atomic E-state index is 12.0. The molecule has 1 aromatic heterocycles. The van der Waals surface area contributed by atoms with Crippen LogP contribution in [0.5, 0.6) is 0 Å². The maximum atomic E-state index is 12.0. The number of hydrogen-bond acceptors (Lipinski definition) is 1. The van der Waals surface area contributed by atoms with Crippen LogP contribution in [0, 0.1) is 0 Å². The number of hydrogen-bond donors (Lipinski definition) is 2. The SMILES string of the molecule is CCCCCC=CC/C=C\CCCCCCC(=O)NCCc1c[nH]c2ccccc12. The molecule has 30 heavy (non-hydrogen) atoms. The molecule has 1 amide bonds. The van der Waals surface area contributed by atoms with E-state index in [-0.39, 0.29) is 5.91 Å². The molecule has 1 aromatic carbocycles. The Balaban J connectivity index is 1.42. The zero-order valence-corrected chi connectivity index (χ0v) is 18.8. The standard InChI is InChI=1S/C27H40N2O/c1-2-3-4-5-6-7-8-9-10-11-12-13-14-15-20-27(30)28-22-21-24-23-29-26-19-17-16-18-25(24)26/h6-7,9-10,16-19,23,29H,2-5,8,11-15,20-22H2,1H3,(H,28,30)/b7-6?,10-9-. The van der Waals surface area contributed by atoms with Crippen LogP contribution in [-0.4, -0.2) is 17.4 Å². The molecule has 2 rings (SSSR count). The van der Waals surface area contributed by atoms with Crippen molar-refractivity contribution in [3.05, 3.63) is 60.3 Å². The van der Waals surface area contributed by atoms with E-state index < -0.39 is 0 Å². The Hall–Kier alpha value is -2.29. The summed E-state index contributed by atoms with van der Waals surface area (Å²) in [6, 6.07) is 8.30. The summed E-state index contributed by atoms with van der Waals surface area (Å²) in [7, 11) is 0. The minimum Gasteiger partial charge on any atom is -0.361 e. The molecule has 0 fully saturated rings. The molecule has 0 aliphatic rings. The van der Waals surface area contributed by atoms with E-state index in [4.69, 9.17) is 0 Å². The Morgan fingerprint density at radius 3 is 2.47 bits per heavy atom. The maximum Gasteiger partial charge on any atom is 0.220 e. The van der Waals surface area contributed by atoms with Crippen LogP contribution in [0.25, 0.3) is 10.9 Å². The van der Waals surface area contributed by atoms with Gasteiger partial charge in [0.05, 0.1) is 0 Å². The number of aromatic amines is 1. The van der Waals surface area contributed by atoms with Crippen LogP contribution in [-0.2, 0) is 11.2 Å². The molecule has 0 aliphatic carbocycles. The van der Waals surface area contributed by atoms with Crippen molar-refractivity contribution in [1.29, 1.82) is 0 Å². The first-order valence-electron chi connectivity index (χ1n) is 11.9. The van der Waals surface area contributed by atoms with Crippen LogP contribution in [0.1, 0.15) is 83.1 Å². The summed E-state index contributed by atoms with van der Waals surface area (Å²) in [6.45, 7) is 2.95. The van der Waals surface area contributed by atoms with Crippen LogP contribution in [0.15, 0.2) is 54.8 Å². The number of para-hydroxylation sites is 1. The third-order valence-corrected chi connectivity index (χ3v) is 5.50. The van der Waals surface area contributed by atoms with Crippen molar-refractivity contribution in [3.63, 3.8) is 0 Å². The van der Waals surface area contributed by atoms with Gasteiger partial charge in [-0.05, 0) is 56.6 Å². The lowest BCUT2D eigenvalue weighted by atomic mass is 10.1. The van der Waals surface area contributed by atoms with E-state index in [2.05, 4.69) is 65.9 Å². The van der Waals surface area contributed by atoms with E-state index in [0.29, 0.717) is 13.0 Å². The van der Waals surface area contributed by atoms with Gasteiger partial charge in [0.1, 0.15) is 0 Å². The monoisotopic (exact) mass is 408 g/mol. The molecule has 0 unspecified atom stereocenters. The predicted molar refractivity (Wildman–Crippen MR) is 130 cm³/mol. The smallest absolute Gasteiger partial charge is 0.220 e. The molecule has 0 spiro atoms. The van der Waals surface area contributed by atoms with Crippen molar-refractivity contribution in [2.45, 2.75) is 84.0 Å². The first-order valence-corrected chi connectivity index (χ1v) is 11.9. The van der Waals surface area contributed by atoms with Gasteiger partial charge < -0.3 is 10.3 Å². The fourth-order valence-corrected chi connectivity index (χ4v) is 3.68. The van der Waals surface area contributed by atoms with Gasteiger partial charge in [-0.25, -0.2) is 0 Å². The minimum absolute atomic E-state index is 0.181. The fourth-order valence-electron chi connectivity index (χ4n) is 3.68. The summed E-state index contributed by atoms with van der Waals surface area (Å²) >= 11 is 0. The Bertz CT molecular complexity index is 772. The van der Waals surface area contributed by atoms with Crippen molar-refractivity contribution < 1.29 is 4.79 Å². The average Bonchev–Trinajstić information content (AvgIpc) is 3.17. The van der Waals surface area contributed by atoms with E-state index >= 15 is 0 Å². The number of fused-ring (bicyclic) bond motifs is 1. The van der Waals surface area contributed by atoms with Crippen molar-refractivity contribution in [2.75, 3.05) is 6.54 Å². The lowest BCUT2D eigenvalue weighted by molar-refractivity contribution is -0.121. The van der Waals surface area contributed by atoms with E-state index in [1.165, 1.54) is 49.5 Å². The second-order valence-electron chi connectivity index (χ2n) is 8.09. The second-order valence-corrected chi connectivity index (χ2v) is 8.09. The minimum atomic E-state index is 0.181. The predicted octanol–water partition coefficient (Wildman–Crippen LogP) is 7.25. The van der Waals surface area contributed by atoms with Crippen molar-refractivity contribution in [1.82, 2.24) is 10.3 Å². The summed E-state index contributed by atoms with van der Waals surface area (Å²) in [5.41, 5.74) is 2.43. The number of benzene rings is 1. The van der Waals surface area contributed by atoms with Crippen LogP contribution in [0.3, 0.4) is 0 Å². The number of unbranched alkanes of at least 4 members (excludes halogenated alkanes) is 7. The van der Waals surface area contributed by atoms with Crippen molar-refractivity contribution in [3.8, 4) is 0 Å². The largest absolute Gasteiger partial charge is 0.361 e. The van der Waals surface area contributed by atoms with Crippen LogP contribution >= 0.6 is 0 Å². The number of carbonyl (C=O) groups is 1. The third-order valence-electron chi connectivity index (χ3n) is 5.50. The van der Waals surface area contributed by atoms with Gasteiger partial charge in [0.25, 0.3) is 0 Å². The summed E-state index contributed by atoms with van der Waals surface area (Å²) in [5.74, 6) is 0.181. The number of amides is 1. The number of allylic oxidation sites excluding steroid dienone is 4. The highest BCUT2D eigenvalue weighted by atomic mass is 16.1. The highest BCUT2D eigenvalue weighted by molar-refractivity contribution is 5.83. The summed E-state index contributed by atoms with van der Waals surface area (Å²) < 4.78 is 0. The highest BCUT2D eigenvalue weighted by Crippen LogP contribution is 2.17. The second kappa shape index (κ2) is 15.5. The molecule has 0 saturated heterocycles. The van der Waals surface area contributed by atoms with Crippen LogP contribution < -0.4 is 5.32 Å². The topological polar surface area (TPSA) is 44.9 Å². The lowest BCUT2D eigenvalue weighted by Crippen LogP contribution is -2.25. The van der Waals surface area contributed by atoms with Crippen LogP contribution in [0.2, 0.25) is 0 Å². The van der Waals surface area contributed by atoms with Crippen molar-refractivity contribution in [2.24, 2.45) is 0 Å². The molecule has 0 atom stereocenters. The van der Waals surface area contributed by atoms with E-state index in [1.54, 1.807) is 0 Å². The molecule has 2 aromatic rings. The van der Waals surface area contributed by atoms with Gasteiger partial charge in [-0.15, -0.1) is 0 Å². The van der Waals surface area contributed by atoms with Crippen LogP contribution in [0.4, 0.5) is 0 Å². The quantitative estimate of drug-likeness (QED) is 0.223. The highest BCUT2D eigenvalue weighted by Gasteiger charge is 2.04. The molecule has 0 bridgehead atoms. The average molecular weight is 409 g/mol. The molecule has 2 N–H and O–H groups in total. The van der Waals surface area contributed by atoms with Gasteiger partial charge >= 0.3 is 0 Å². The number of nitrogens with one attached hydrogen (secondary N) is 2. The Kier molecular flexibility index (Phi) is 12.4. The molecule has 0 radical (unpaired) electrons. The fraction of sp³-hybridized carbons (Fsp3) is 0.519. The first-order chi connectivity index (χ1) is 14.8.